The lowest BCUT2D eigenvalue weighted by molar-refractivity contribution is 0.483. The summed E-state index contributed by atoms with van der Waals surface area (Å²) in [6.45, 7) is 0.139. The second kappa shape index (κ2) is 8.79. The highest BCUT2D eigenvalue weighted by Gasteiger charge is 2.30. The zero-order chi connectivity index (χ0) is 26.9. The van der Waals surface area contributed by atoms with Crippen molar-refractivity contribution in [2.45, 2.75) is 30.2 Å². The number of sulfone groups is 1. The van der Waals surface area contributed by atoms with Gasteiger partial charge >= 0.3 is 0 Å². The molecule has 6 rings (SSSR count). The Kier molecular flexibility index (Phi) is 5.75. The van der Waals surface area contributed by atoms with Crippen molar-refractivity contribution in [3.63, 3.8) is 0 Å². The van der Waals surface area contributed by atoms with E-state index < -0.39 is 9.84 Å². The van der Waals surface area contributed by atoms with Crippen LogP contribution in [0, 0.1) is 0 Å². The van der Waals surface area contributed by atoms with Gasteiger partial charge in [-0.25, -0.2) is 13.4 Å². The van der Waals surface area contributed by atoms with E-state index in [2.05, 4.69) is 0 Å². The van der Waals surface area contributed by atoms with Crippen molar-refractivity contribution in [3.05, 3.63) is 85.5 Å². The van der Waals surface area contributed by atoms with Gasteiger partial charge in [-0.15, -0.1) is 11.3 Å². The summed E-state index contributed by atoms with van der Waals surface area (Å²) < 4.78 is 28.1. The number of benzene rings is 2. The quantitative estimate of drug-likeness (QED) is 0.330. The first kappa shape index (κ1) is 24.8. The molecule has 3 aromatic heterocycles. The smallest absolute Gasteiger partial charge is 0.263 e. The molecule has 5 aromatic rings. The third-order valence-electron chi connectivity index (χ3n) is 6.88. The molecule has 0 unspecified atom stereocenters. The molecule has 194 valence electrons. The number of thiophene rings is 1. The molecule has 0 bridgehead atoms. The zero-order valence-electron chi connectivity index (χ0n) is 20.4. The Balaban J connectivity index is 1.68. The van der Waals surface area contributed by atoms with Gasteiger partial charge in [0.25, 0.3) is 5.56 Å². The van der Waals surface area contributed by atoms with Crippen LogP contribution in [0.2, 0.25) is 5.02 Å². The van der Waals surface area contributed by atoms with E-state index in [0.717, 1.165) is 24.0 Å². The molecule has 11 heteroatoms. The van der Waals surface area contributed by atoms with Crippen molar-refractivity contribution < 1.29 is 13.5 Å². The van der Waals surface area contributed by atoms with Gasteiger partial charge in [-0.2, -0.15) is 0 Å². The van der Waals surface area contributed by atoms with Crippen molar-refractivity contribution in [2.24, 2.45) is 7.05 Å². The number of rotatable bonds is 5. The summed E-state index contributed by atoms with van der Waals surface area (Å²) in [7, 11) is -1.78. The predicted octanol–water partition coefficient (Wildman–Crippen LogP) is 4.67. The molecule has 0 radical (unpaired) electrons. The standard InChI is InChI=1S/C27H22ClN3O5S2/c1-30-12-14(3-10-21(30)32)13-31-25(17-7-6-16(38(2,35)36)11-19(17)15-4-5-15)29-26-22(27(31)34)18-8-9-20(28)23(33)24(18)37-26/h3,6-12,15,33H,4-5,13H2,1-2H3. The highest BCUT2D eigenvalue weighted by molar-refractivity contribution is 7.90. The Bertz CT molecular complexity index is 2020. The van der Waals surface area contributed by atoms with Crippen LogP contribution < -0.4 is 11.1 Å². The lowest BCUT2D eigenvalue weighted by Gasteiger charge is -2.17. The van der Waals surface area contributed by atoms with Crippen LogP contribution >= 0.6 is 22.9 Å². The Morgan fingerprint density at radius 1 is 1.13 bits per heavy atom. The van der Waals surface area contributed by atoms with Crippen molar-refractivity contribution >= 4 is 53.1 Å². The highest BCUT2D eigenvalue weighted by atomic mass is 35.5. The van der Waals surface area contributed by atoms with E-state index in [1.54, 1.807) is 54.2 Å². The Labute approximate surface area is 226 Å². The summed E-state index contributed by atoms with van der Waals surface area (Å²) >= 11 is 7.32. The number of hydrogen-bond acceptors (Lipinski definition) is 7. The van der Waals surface area contributed by atoms with Gasteiger partial charge in [0.15, 0.2) is 15.6 Å². The van der Waals surface area contributed by atoms with E-state index in [9.17, 15) is 23.1 Å². The monoisotopic (exact) mass is 567 g/mol. The number of nitrogens with zero attached hydrogens (tertiary/aromatic N) is 3. The van der Waals surface area contributed by atoms with Gasteiger partial charge in [0, 0.05) is 36.5 Å². The molecule has 0 aliphatic heterocycles. The number of pyridine rings is 1. The van der Waals surface area contributed by atoms with Crippen molar-refractivity contribution in [1.29, 1.82) is 0 Å². The van der Waals surface area contributed by atoms with Gasteiger partial charge in [-0.3, -0.25) is 14.2 Å². The molecule has 2 aromatic carbocycles. The fourth-order valence-electron chi connectivity index (χ4n) is 4.77. The molecule has 1 aliphatic carbocycles. The molecule has 1 saturated carbocycles. The maximum Gasteiger partial charge on any atom is 0.263 e. The number of phenols is 1. The summed E-state index contributed by atoms with van der Waals surface area (Å²) in [5.41, 5.74) is 1.77. The van der Waals surface area contributed by atoms with Gasteiger partial charge in [0.2, 0.25) is 5.56 Å². The SMILES string of the molecule is Cn1cc(Cn2c(-c3ccc(S(C)(=O)=O)cc3C3CC3)nc3sc4c(O)c(Cl)ccc4c3c2=O)ccc1=O. The second-order valence-corrected chi connectivity index (χ2v) is 13.1. The predicted molar refractivity (Wildman–Crippen MR) is 149 cm³/mol. The summed E-state index contributed by atoms with van der Waals surface area (Å²) in [5.74, 6) is 0.472. The van der Waals surface area contributed by atoms with Crippen molar-refractivity contribution in [3.8, 4) is 17.1 Å². The molecule has 3 heterocycles. The first-order valence-electron chi connectivity index (χ1n) is 11.9. The van der Waals surface area contributed by atoms with Crippen LogP contribution in [0.4, 0.5) is 0 Å². The van der Waals surface area contributed by atoms with Crippen LogP contribution in [-0.4, -0.2) is 33.9 Å². The summed E-state index contributed by atoms with van der Waals surface area (Å²) in [5, 5.41) is 11.7. The van der Waals surface area contributed by atoms with Gasteiger partial charge in [-0.05, 0) is 54.2 Å². The molecular weight excluding hydrogens is 546 g/mol. The van der Waals surface area contributed by atoms with E-state index in [4.69, 9.17) is 16.6 Å². The van der Waals surface area contributed by atoms with E-state index in [0.29, 0.717) is 31.7 Å². The zero-order valence-corrected chi connectivity index (χ0v) is 22.8. The van der Waals surface area contributed by atoms with Gasteiger partial charge in [0.05, 0.1) is 26.5 Å². The summed E-state index contributed by atoms with van der Waals surface area (Å²) in [4.78, 5) is 31.7. The number of phenolic OH excluding ortho intramolecular Hbond substituents is 1. The topological polar surface area (TPSA) is 111 Å². The average molecular weight is 568 g/mol. The lowest BCUT2D eigenvalue weighted by atomic mass is 10.0. The Hall–Kier alpha value is -3.47. The number of halogens is 1. The first-order chi connectivity index (χ1) is 18.0. The largest absolute Gasteiger partial charge is 0.505 e. The highest BCUT2D eigenvalue weighted by Crippen LogP contribution is 2.46. The summed E-state index contributed by atoms with van der Waals surface area (Å²) in [6, 6.07) is 11.3. The minimum absolute atomic E-state index is 0.103. The maximum absolute atomic E-state index is 14.1. The molecule has 38 heavy (non-hydrogen) atoms. The van der Waals surface area contributed by atoms with Gasteiger partial charge in [0.1, 0.15) is 10.7 Å². The van der Waals surface area contributed by atoms with E-state index in [-0.39, 0.29) is 39.2 Å². The maximum atomic E-state index is 14.1. The molecule has 1 aliphatic rings. The van der Waals surface area contributed by atoms with Gasteiger partial charge in [-0.1, -0.05) is 23.7 Å². The molecule has 0 spiro atoms. The van der Waals surface area contributed by atoms with E-state index in [1.165, 1.54) is 28.2 Å². The normalized spacial score (nSPS) is 14.0. The minimum atomic E-state index is -3.43. The number of aryl methyl sites for hydroxylation is 1. The number of fused-ring (bicyclic) bond motifs is 3. The number of aromatic hydroxyl groups is 1. The van der Waals surface area contributed by atoms with Crippen molar-refractivity contribution in [2.75, 3.05) is 6.26 Å². The van der Waals surface area contributed by atoms with Crippen LogP contribution in [0.15, 0.2) is 63.1 Å². The first-order valence-corrected chi connectivity index (χ1v) is 15.0. The lowest BCUT2D eigenvalue weighted by Crippen LogP contribution is -2.25. The Morgan fingerprint density at radius 3 is 2.58 bits per heavy atom. The number of hydrogen-bond donors (Lipinski definition) is 1. The number of aromatic nitrogens is 3. The van der Waals surface area contributed by atoms with Crippen LogP contribution in [0.3, 0.4) is 0 Å². The molecule has 0 amide bonds. The van der Waals surface area contributed by atoms with Crippen LogP contribution in [-0.2, 0) is 23.4 Å². The summed E-state index contributed by atoms with van der Waals surface area (Å²) in [6.07, 6.45) is 4.69. The fourth-order valence-corrected chi connectivity index (χ4v) is 6.75. The molecule has 0 saturated heterocycles. The van der Waals surface area contributed by atoms with E-state index in [1.807, 2.05) is 0 Å². The average Bonchev–Trinajstić information content (AvgIpc) is 3.65. The van der Waals surface area contributed by atoms with Gasteiger partial charge < -0.3 is 9.67 Å². The molecule has 1 N–H and O–H groups in total. The molecular formula is C27H22ClN3O5S2. The molecule has 0 atom stereocenters. The van der Waals surface area contributed by atoms with Crippen LogP contribution in [0.5, 0.6) is 5.75 Å². The molecule has 1 fully saturated rings. The minimum Gasteiger partial charge on any atom is -0.505 e. The van der Waals surface area contributed by atoms with Crippen LogP contribution in [0.25, 0.3) is 31.7 Å². The second-order valence-electron chi connectivity index (χ2n) is 9.66. The van der Waals surface area contributed by atoms with Crippen LogP contribution in [0.1, 0.15) is 29.9 Å². The third kappa shape index (κ3) is 4.13. The Morgan fingerprint density at radius 2 is 1.89 bits per heavy atom. The molecule has 8 nitrogen and oxygen atoms in total. The van der Waals surface area contributed by atoms with E-state index >= 15 is 0 Å². The fraction of sp³-hybridized carbons (Fsp3) is 0.222. The van der Waals surface area contributed by atoms with Crippen molar-refractivity contribution in [1.82, 2.24) is 14.1 Å². The third-order valence-corrected chi connectivity index (χ3v) is 9.40.